The Balaban J connectivity index is 1.42. The average Bonchev–Trinajstić information content (AvgIpc) is 3.02. The summed E-state index contributed by atoms with van der Waals surface area (Å²) in [5, 5.41) is 6.47. The molecule has 0 radical (unpaired) electrons. The first-order valence-corrected chi connectivity index (χ1v) is 8.78. The molecule has 1 aromatic carbocycles. The van der Waals surface area contributed by atoms with Gasteiger partial charge < -0.3 is 14.7 Å². The van der Waals surface area contributed by atoms with Crippen LogP contribution in [0.1, 0.15) is 16.9 Å². The maximum absolute atomic E-state index is 12.4. The Labute approximate surface area is 152 Å². The Morgan fingerprint density at radius 1 is 1.12 bits per heavy atom. The van der Waals surface area contributed by atoms with Crippen molar-refractivity contribution in [3.8, 4) is 0 Å². The highest BCUT2D eigenvalue weighted by atomic mass is 16.5. The van der Waals surface area contributed by atoms with Crippen molar-refractivity contribution in [1.82, 2.24) is 15.0 Å². The van der Waals surface area contributed by atoms with E-state index in [9.17, 15) is 9.59 Å². The van der Waals surface area contributed by atoms with E-state index in [4.69, 9.17) is 4.52 Å². The summed E-state index contributed by atoms with van der Waals surface area (Å²) in [6.45, 7) is 6.74. The van der Waals surface area contributed by atoms with Crippen molar-refractivity contribution in [3.05, 3.63) is 47.2 Å². The highest BCUT2D eigenvalue weighted by Gasteiger charge is 2.22. The van der Waals surface area contributed by atoms with Crippen molar-refractivity contribution in [3.63, 3.8) is 0 Å². The fourth-order valence-corrected chi connectivity index (χ4v) is 2.96. The number of anilines is 1. The summed E-state index contributed by atoms with van der Waals surface area (Å²) in [5.74, 6) is 1.09. The lowest BCUT2D eigenvalue weighted by atomic mass is 10.1. The van der Waals surface area contributed by atoms with Crippen molar-refractivity contribution in [1.29, 1.82) is 0 Å². The second kappa shape index (κ2) is 8.14. The van der Waals surface area contributed by atoms with Crippen molar-refractivity contribution < 1.29 is 14.1 Å². The van der Waals surface area contributed by atoms with Crippen molar-refractivity contribution in [2.24, 2.45) is 0 Å². The van der Waals surface area contributed by atoms with E-state index in [1.54, 1.807) is 13.0 Å². The van der Waals surface area contributed by atoms with Crippen LogP contribution in [0.5, 0.6) is 0 Å². The van der Waals surface area contributed by atoms with Gasteiger partial charge in [0.1, 0.15) is 5.76 Å². The van der Waals surface area contributed by atoms with Crippen LogP contribution in [0.4, 0.5) is 5.82 Å². The van der Waals surface area contributed by atoms with Crippen molar-refractivity contribution in [2.45, 2.75) is 20.3 Å². The molecular weight excluding hydrogens is 332 g/mol. The van der Waals surface area contributed by atoms with Gasteiger partial charge in [-0.05, 0) is 19.4 Å². The van der Waals surface area contributed by atoms with Crippen LogP contribution in [0, 0.1) is 13.8 Å². The molecule has 1 aliphatic rings. The highest BCUT2D eigenvalue weighted by molar-refractivity contribution is 5.91. The number of aryl methyl sites for hydroxylation is 2. The van der Waals surface area contributed by atoms with E-state index in [0.29, 0.717) is 44.2 Å². The van der Waals surface area contributed by atoms with Gasteiger partial charge >= 0.3 is 0 Å². The molecule has 0 bridgehead atoms. The molecular formula is C19H24N4O3. The SMILES string of the molecule is Cc1ccc(CC(=O)N2CCN(CC(=O)Nc3cc(C)on3)CC2)cc1. The largest absolute Gasteiger partial charge is 0.360 e. The molecule has 2 heterocycles. The van der Waals surface area contributed by atoms with E-state index >= 15 is 0 Å². The molecule has 0 unspecified atom stereocenters. The van der Waals surface area contributed by atoms with Gasteiger partial charge in [-0.25, -0.2) is 0 Å². The Kier molecular flexibility index (Phi) is 5.68. The first-order chi connectivity index (χ1) is 12.5. The monoisotopic (exact) mass is 356 g/mol. The van der Waals surface area contributed by atoms with Gasteiger partial charge in [-0.2, -0.15) is 0 Å². The third-order valence-electron chi connectivity index (χ3n) is 4.46. The fourth-order valence-electron chi connectivity index (χ4n) is 2.96. The van der Waals surface area contributed by atoms with Gasteiger partial charge in [-0.15, -0.1) is 0 Å². The molecule has 3 rings (SSSR count). The van der Waals surface area contributed by atoms with Crippen LogP contribution < -0.4 is 5.32 Å². The minimum atomic E-state index is -0.127. The molecule has 1 saturated heterocycles. The Morgan fingerprint density at radius 2 is 1.81 bits per heavy atom. The maximum Gasteiger partial charge on any atom is 0.239 e. The molecule has 26 heavy (non-hydrogen) atoms. The van der Waals surface area contributed by atoms with Crippen LogP contribution in [-0.2, 0) is 16.0 Å². The van der Waals surface area contributed by atoms with Crippen molar-refractivity contribution in [2.75, 3.05) is 38.0 Å². The summed E-state index contributed by atoms with van der Waals surface area (Å²) in [6.07, 6.45) is 0.423. The number of hydrogen-bond donors (Lipinski definition) is 1. The van der Waals surface area contributed by atoms with E-state index < -0.39 is 0 Å². The molecule has 0 aliphatic carbocycles. The van der Waals surface area contributed by atoms with Gasteiger partial charge in [0.15, 0.2) is 5.82 Å². The molecule has 7 heteroatoms. The number of piperazine rings is 1. The Morgan fingerprint density at radius 3 is 2.42 bits per heavy atom. The first kappa shape index (κ1) is 18.1. The summed E-state index contributed by atoms with van der Waals surface area (Å²) >= 11 is 0. The van der Waals surface area contributed by atoms with Crippen LogP contribution in [0.2, 0.25) is 0 Å². The zero-order valence-corrected chi connectivity index (χ0v) is 15.2. The smallest absolute Gasteiger partial charge is 0.239 e. The van der Waals surface area contributed by atoms with Crippen LogP contribution >= 0.6 is 0 Å². The molecule has 1 N–H and O–H groups in total. The lowest BCUT2D eigenvalue weighted by Crippen LogP contribution is -2.50. The zero-order chi connectivity index (χ0) is 18.5. The summed E-state index contributed by atoms with van der Waals surface area (Å²) in [6, 6.07) is 9.73. The van der Waals surface area contributed by atoms with Crippen molar-refractivity contribution >= 4 is 17.6 Å². The minimum Gasteiger partial charge on any atom is -0.360 e. The predicted octanol–water partition coefficient (Wildman–Crippen LogP) is 1.62. The number of hydrogen-bond acceptors (Lipinski definition) is 5. The van der Waals surface area contributed by atoms with Gasteiger partial charge in [0, 0.05) is 32.2 Å². The van der Waals surface area contributed by atoms with Crippen LogP contribution in [0.25, 0.3) is 0 Å². The topological polar surface area (TPSA) is 78.7 Å². The molecule has 2 aromatic rings. The molecule has 2 amide bonds. The minimum absolute atomic E-state index is 0.127. The fraction of sp³-hybridized carbons (Fsp3) is 0.421. The first-order valence-electron chi connectivity index (χ1n) is 8.78. The number of rotatable bonds is 5. The normalized spacial score (nSPS) is 15.1. The Hall–Kier alpha value is -2.67. The second-order valence-electron chi connectivity index (χ2n) is 6.69. The van der Waals surface area contributed by atoms with Gasteiger partial charge in [-0.1, -0.05) is 35.0 Å². The summed E-state index contributed by atoms with van der Waals surface area (Å²) in [4.78, 5) is 28.4. The molecule has 0 atom stereocenters. The molecule has 7 nitrogen and oxygen atoms in total. The molecule has 1 fully saturated rings. The van der Waals surface area contributed by atoms with E-state index in [-0.39, 0.29) is 18.4 Å². The van der Waals surface area contributed by atoms with E-state index in [1.807, 2.05) is 41.0 Å². The summed E-state index contributed by atoms with van der Waals surface area (Å²) < 4.78 is 4.93. The van der Waals surface area contributed by atoms with Gasteiger partial charge in [-0.3, -0.25) is 14.5 Å². The Bertz CT molecular complexity index is 761. The number of aromatic nitrogens is 1. The maximum atomic E-state index is 12.4. The van der Waals surface area contributed by atoms with Gasteiger partial charge in [0.25, 0.3) is 0 Å². The van der Waals surface area contributed by atoms with Crippen LogP contribution in [0.3, 0.4) is 0 Å². The van der Waals surface area contributed by atoms with Gasteiger partial charge in [0.05, 0.1) is 13.0 Å². The standard InChI is InChI=1S/C19H24N4O3/c1-14-3-5-16(6-4-14)12-19(25)23-9-7-22(8-10-23)13-18(24)20-17-11-15(2)26-21-17/h3-6,11H,7-10,12-13H2,1-2H3,(H,20,21,24). The van der Waals surface area contributed by atoms with E-state index in [1.165, 1.54) is 5.56 Å². The molecule has 0 spiro atoms. The number of benzene rings is 1. The number of carbonyl (C=O) groups is 2. The van der Waals surface area contributed by atoms with E-state index in [2.05, 4.69) is 10.5 Å². The summed E-state index contributed by atoms with van der Waals surface area (Å²) in [7, 11) is 0. The molecule has 1 aliphatic heterocycles. The molecule has 0 saturated carbocycles. The van der Waals surface area contributed by atoms with Crippen LogP contribution in [-0.4, -0.2) is 59.5 Å². The second-order valence-corrected chi connectivity index (χ2v) is 6.69. The molecule has 1 aromatic heterocycles. The average molecular weight is 356 g/mol. The zero-order valence-electron chi connectivity index (χ0n) is 15.2. The van der Waals surface area contributed by atoms with Crippen LogP contribution in [0.15, 0.2) is 34.9 Å². The number of nitrogens with zero attached hydrogens (tertiary/aromatic N) is 3. The number of amides is 2. The number of carbonyl (C=O) groups excluding carboxylic acids is 2. The quantitative estimate of drug-likeness (QED) is 0.881. The third-order valence-corrected chi connectivity index (χ3v) is 4.46. The highest BCUT2D eigenvalue weighted by Crippen LogP contribution is 2.10. The molecule has 138 valence electrons. The third kappa shape index (κ3) is 4.92. The van der Waals surface area contributed by atoms with E-state index in [0.717, 1.165) is 5.56 Å². The lowest BCUT2D eigenvalue weighted by Gasteiger charge is -2.34. The van der Waals surface area contributed by atoms with Gasteiger partial charge in [0.2, 0.25) is 11.8 Å². The summed E-state index contributed by atoms with van der Waals surface area (Å²) in [5.41, 5.74) is 2.22. The predicted molar refractivity (Wildman–Crippen MR) is 97.8 cm³/mol. The lowest BCUT2D eigenvalue weighted by molar-refractivity contribution is -0.132. The number of nitrogens with one attached hydrogen (secondary N) is 1.